The molecule has 2 rings (SSSR count). The van der Waals surface area contributed by atoms with E-state index >= 15 is 0 Å². The molecule has 0 unspecified atom stereocenters. The molecular weight excluding hydrogens is 240 g/mol. The quantitative estimate of drug-likeness (QED) is 0.582. The normalized spacial score (nSPS) is 10.6. The van der Waals surface area contributed by atoms with Crippen LogP contribution in [-0.2, 0) is 12.8 Å². The lowest BCUT2D eigenvalue weighted by Crippen LogP contribution is -1.88. The predicted molar refractivity (Wildman–Crippen MR) is 75.6 cm³/mol. The van der Waals surface area contributed by atoms with Gasteiger partial charge in [0, 0.05) is 11.1 Å². The summed E-state index contributed by atoms with van der Waals surface area (Å²) in [6, 6.07) is 9.18. The molecule has 0 radical (unpaired) electrons. The molecule has 0 amide bonds. The molecule has 0 heterocycles. The van der Waals surface area contributed by atoms with Crippen molar-refractivity contribution in [2.24, 2.45) is 0 Å². The van der Waals surface area contributed by atoms with Gasteiger partial charge in [-0.1, -0.05) is 38.1 Å². The molecule has 3 heteroatoms. The fourth-order valence-corrected chi connectivity index (χ4v) is 2.17. The van der Waals surface area contributed by atoms with E-state index in [0.717, 1.165) is 12.0 Å². The molecule has 3 nitrogen and oxygen atoms in total. The summed E-state index contributed by atoms with van der Waals surface area (Å²) in [6.45, 7) is 3.88. The molecule has 100 valence electrons. The van der Waals surface area contributed by atoms with Gasteiger partial charge in [0.15, 0.2) is 11.5 Å². The lowest BCUT2D eigenvalue weighted by molar-refractivity contribution is 0.391. The molecule has 0 aliphatic rings. The molecule has 3 N–H and O–H groups in total. The highest BCUT2D eigenvalue weighted by Crippen LogP contribution is 2.43. The topological polar surface area (TPSA) is 60.7 Å². The van der Waals surface area contributed by atoms with Crippen molar-refractivity contribution in [1.82, 2.24) is 0 Å². The Bertz CT molecular complexity index is 586. The summed E-state index contributed by atoms with van der Waals surface area (Å²) in [5, 5.41) is 29.9. The van der Waals surface area contributed by atoms with Gasteiger partial charge in [-0.25, -0.2) is 0 Å². The first-order chi connectivity index (χ1) is 9.08. The molecule has 19 heavy (non-hydrogen) atoms. The van der Waals surface area contributed by atoms with Crippen LogP contribution in [0.15, 0.2) is 30.3 Å². The summed E-state index contributed by atoms with van der Waals surface area (Å²) >= 11 is 0. The zero-order valence-corrected chi connectivity index (χ0v) is 11.1. The monoisotopic (exact) mass is 258 g/mol. The Kier molecular flexibility index (Phi) is 3.65. The van der Waals surface area contributed by atoms with Crippen LogP contribution < -0.4 is 0 Å². The van der Waals surface area contributed by atoms with Crippen LogP contribution in [-0.4, -0.2) is 15.3 Å². The number of hydrogen-bond acceptors (Lipinski definition) is 3. The zero-order valence-electron chi connectivity index (χ0n) is 11.1. The number of aryl methyl sites for hydroxylation is 1. The minimum Gasteiger partial charge on any atom is -0.508 e. The molecular formula is C16H18O3. The average Bonchev–Trinajstić information content (AvgIpc) is 2.43. The smallest absolute Gasteiger partial charge is 0.166 e. The molecule has 0 atom stereocenters. The maximum absolute atomic E-state index is 10.1. The number of hydrogen-bond donors (Lipinski definition) is 3. The zero-order chi connectivity index (χ0) is 14.0. The van der Waals surface area contributed by atoms with Gasteiger partial charge >= 0.3 is 0 Å². The van der Waals surface area contributed by atoms with Crippen molar-refractivity contribution in [1.29, 1.82) is 0 Å². The first kappa shape index (κ1) is 13.3. The number of phenolic OH excluding ortho intramolecular Hbond substituents is 3. The SMILES string of the molecule is CCc1ccc(-c2cc(O)c(CC)c(O)c2O)cc1. The molecule has 0 fully saturated rings. The van der Waals surface area contributed by atoms with Crippen LogP contribution in [0.4, 0.5) is 0 Å². The molecule has 0 spiro atoms. The van der Waals surface area contributed by atoms with Gasteiger partial charge in [0.1, 0.15) is 5.75 Å². The number of aromatic hydroxyl groups is 3. The lowest BCUT2D eigenvalue weighted by Gasteiger charge is -2.12. The molecule has 0 bridgehead atoms. The highest BCUT2D eigenvalue weighted by atomic mass is 16.3. The van der Waals surface area contributed by atoms with Crippen LogP contribution in [0.5, 0.6) is 17.2 Å². The summed E-state index contributed by atoms with van der Waals surface area (Å²) in [4.78, 5) is 0. The maximum Gasteiger partial charge on any atom is 0.166 e. The average molecular weight is 258 g/mol. The Morgan fingerprint density at radius 2 is 1.47 bits per heavy atom. The van der Waals surface area contributed by atoms with Gasteiger partial charge in [0.2, 0.25) is 0 Å². The molecule has 2 aromatic carbocycles. The second kappa shape index (κ2) is 5.22. The molecule has 0 saturated carbocycles. The summed E-state index contributed by atoms with van der Waals surface area (Å²) in [7, 11) is 0. The van der Waals surface area contributed by atoms with E-state index in [1.807, 2.05) is 31.2 Å². The lowest BCUT2D eigenvalue weighted by atomic mass is 9.98. The van der Waals surface area contributed by atoms with Crippen molar-refractivity contribution >= 4 is 0 Å². The van der Waals surface area contributed by atoms with Gasteiger partial charge in [0.05, 0.1) is 0 Å². The van der Waals surface area contributed by atoms with Gasteiger partial charge in [-0.3, -0.25) is 0 Å². The first-order valence-electron chi connectivity index (χ1n) is 6.44. The summed E-state index contributed by atoms with van der Waals surface area (Å²) in [5.41, 5.74) is 2.77. The number of rotatable bonds is 3. The summed E-state index contributed by atoms with van der Waals surface area (Å²) < 4.78 is 0. The Morgan fingerprint density at radius 1 is 0.842 bits per heavy atom. The van der Waals surface area contributed by atoms with E-state index < -0.39 is 0 Å². The Labute approximate surface area is 112 Å². The fraction of sp³-hybridized carbons (Fsp3) is 0.250. The van der Waals surface area contributed by atoms with Crippen molar-refractivity contribution in [3.05, 3.63) is 41.5 Å². The molecule has 0 aliphatic heterocycles. The summed E-state index contributed by atoms with van der Waals surface area (Å²) in [6.07, 6.45) is 1.40. The van der Waals surface area contributed by atoms with E-state index in [4.69, 9.17) is 0 Å². The van der Waals surface area contributed by atoms with Gasteiger partial charge in [0.25, 0.3) is 0 Å². The van der Waals surface area contributed by atoms with E-state index in [0.29, 0.717) is 17.5 Å². The highest BCUT2D eigenvalue weighted by Gasteiger charge is 2.16. The Morgan fingerprint density at radius 3 is 2.00 bits per heavy atom. The number of benzene rings is 2. The van der Waals surface area contributed by atoms with Crippen molar-refractivity contribution < 1.29 is 15.3 Å². The van der Waals surface area contributed by atoms with E-state index in [2.05, 4.69) is 6.92 Å². The van der Waals surface area contributed by atoms with Gasteiger partial charge < -0.3 is 15.3 Å². The van der Waals surface area contributed by atoms with Gasteiger partial charge in [-0.2, -0.15) is 0 Å². The third kappa shape index (κ3) is 2.36. The Hall–Kier alpha value is -2.16. The maximum atomic E-state index is 10.1. The largest absolute Gasteiger partial charge is 0.508 e. The van der Waals surface area contributed by atoms with Crippen LogP contribution in [0.1, 0.15) is 25.0 Å². The van der Waals surface area contributed by atoms with Crippen molar-refractivity contribution in [2.75, 3.05) is 0 Å². The molecule has 0 aliphatic carbocycles. The third-order valence-corrected chi connectivity index (χ3v) is 3.38. The van der Waals surface area contributed by atoms with Gasteiger partial charge in [-0.15, -0.1) is 0 Å². The van der Waals surface area contributed by atoms with Gasteiger partial charge in [-0.05, 0) is 30.0 Å². The van der Waals surface area contributed by atoms with E-state index in [1.54, 1.807) is 0 Å². The Balaban J connectivity index is 2.56. The van der Waals surface area contributed by atoms with Crippen LogP contribution in [0.25, 0.3) is 11.1 Å². The fourth-order valence-electron chi connectivity index (χ4n) is 2.17. The first-order valence-corrected chi connectivity index (χ1v) is 6.44. The number of phenols is 3. The summed E-state index contributed by atoms with van der Waals surface area (Å²) in [5.74, 6) is -0.414. The second-order valence-electron chi connectivity index (χ2n) is 4.52. The second-order valence-corrected chi connectivity index (χ2v) is 4.52. The van der Waals surface area contributed by atoms with Crippen LogP contribution in [0.3, 0.4) is 0 Å². The predicted octanol–water partition coefficient (Wildman–Crippen LogP) is 3.60. The van der Waals surface area contributed by atoms with Crippen molar-refractivity contribution in [2.45, 2.75) is 26.7 Å². The molecule has 2 aromatic rings. The highest BCUT2D eigenvalue weighted by molar-refractivity contribution is 5.76. The van der Waals surface area contributed by atoms with E-state index in [-0.39, 0.29) is 17.2 Å². The minimum atomic E-state index is -0.239. The van der Waals surface area contributed by atoms with Crippen LogP contribution in [0.2, 0.25) is 0 Å². The van der Waals surface area contributed by atoms with E-state index in [1.165, 1.54) is 11.6 Å². The minimum absolute atomic E-state index is 0.00682. The van der Waals surface area contributed by atoms with E-state index in [9.17, 15) is 15.3 Å². The van der Waals surface area contributed by atoms with Crippen molar-refractivity contribution in [3.63, 3.8) is 0 Å². The molecule has 0 aromatic heterocycles. The van der Waals surface area contributed by atoms with Crippen molar-refractivity contribution in [3.8, 4) is 28.4 Å². The molecule has 0 saturated heterocycles. The third-order valence-electron chi connectivity index (χ3n) is 3.38. The van der Waals surface area contributed by atoms with Crippen LogP contribution >= 0.6 is 0 Å². The standard InChI is InChI=1S/C16H18O3/c1-3-10-5-7-11(8-6-10)13-9-14(17)12(4-2)15(18)16(13)19/h5-9,17-19H,3-4H2,1-2H3. The van der Waals surface area contributed by atoms with Crippen LogP contribution in [0, 0.1) is 0 Å².